The lowest BCUT2D eigenvalue weighted by atomic mass is 9.98. The molecule has 4 aromatic carbocycles. The molecule has 2 amide bonds. The van der Waals surface area contributed by atoms with Gasteiger partial charge in [-0.15, -0.1) is 11.8 Å². The van der Waals surface area contributed by atoms with E-state index in [1.165, 1.54) is 16.7 Å². The third-order valence-electron chi connectivity index (χ3n) is 5.93. The maximum atomic E-state index is 13.9. The number of amides is 2. The minimum absolute atomic E-state index is 0.257. The molecule has 4 aromatic rings. The lowest BCUT2D eigenvalue weighted by Crippen LogP contribution is -2.31. The van der Waals surface area contributed by atoms with Crippen LogP contribution in [0.2, 0.25) is 0 Å². The molecule has 162 valence electrons. The van der Waals surface area contributed by atoms with Gasteiger partial charge in [-0.25, -0.2) is 4.90 Å². The second-order valence-corrected chi connectivity index (χ2v) is 9.23. The molecule has 5 rings (SSSR count). The minimum Gasteiger partial charge on any atom is -0.268 e. The summed E-state index contributed by atoms with van der Waals surface area (Å²) >= 11 is 1.44. The Kier molecular flexibility index (Phi) is 5.61. The number of benzene rings is 4. The number of nitrogens with zero attached hydrogens (tertiary/aromatic N) is 1. The highest BCUT2D eigenvalue weighted by Gasteiger charge is 2.41. The highest BCUT2D eigenvalue weighted by atomic mass is 32.2. The Balaban J connectivity index is 1.63. The smallest absolute Gasteiger partial charge is 0.268 e. The van der Waals surface area contributed by atoms with Crippen molar-refractivity contribution in [2.75, 3.05) is 4.90 Å². The number of carbonyl (C=O) groups excluding carboxylic acids is 2. The van der Waals surface area contributed by atoms with Crippen molar-refractivity contribution >= 4 is 45.6 Å². The molecule has 0 bridgehead atoms. The maximum Gasteiger partial charge on any atom is 0.272 e. The van der Waals surface area contributed by atoms with Crippen LogP contribution >= 0.6 is 11.8 Å². The molecule has 33 heavy (non-hydrogen) atoms. The molecular weight excluding hydrogens is 426 g/mol. The topological polar surface area (TPSA) is 37.4 Å². The highest BCUT2D eigenvalue weighted by molar-refractivity contribution is 8.03. The Hall–Kier alpha value is -3.63. The van der Waals surface area contributed by atoms with Gasteiger partial charge in [0.15, 0.2) is 0 Å². The lowest BCUT2D eigenvalue weighted by Gasteiger charge is -2.18. The molecule has 0 aromatic heterocycles. The van der Waals surface area contributed by atoms with E-state index in [0.717, 1.165) is 33.0 Å². The molecule has 0 saturated carbocycles. The molecule has 3 nitrogen and oxygen atoms in total. The van der Waals surface area contributed by atoms with Crippen molar-refractivity contribution in [2.24, 2.45) is 0 Å². The average Bonchev–Trinajstić information content (AvgIpc) is 3.07. The monoisotopic (exact) mass is 449 g/mol. The predicted molar refractivity (Wildman–Crippen MR) is 137 cm³/mol. The first kappa shape index (κ1) is 21.2. The van der Waals surface area contributed by atoms with E-state index in [4.69, 9.17) is 0 Å². The van der Waals surface area contributed by atoms with Gasteiger partial charge in [0.05, 0.1) is 16.2 Å². The molecule has 1 heterocycles. The standard InChI is InChI=1S/C29H23NO2S/c1-19-15-16-23(20(2)17-19)26-27(33-18-21-9-4-3-5-10-21)29(32)30(28(26)31)25-14-8-12-22-11-6-7-13-24(22)25/h3-17H,18H2,1-2H3. The average molecular weight is 450 g/mol. The van der Waals surface area contributed by atoms with Crippen LogP contribution in [0.1, 0.15) is 22.3 Å². The van der Waals surface area contributed by atoms with Crippen molar-refractivity contribution in [3.05, 3.63) is 118 Å². The van der Waals surface area contributed by atoms with Crippen LogP contribution in [-0.2, 0) is 15.3 Å². The maximum absolute atomic E-state index is 13.9. The fourth-order valence-corrected chi connectivity index (χ4v) is 5.39. The van der Waals surface area contributed by atoms with Crippen LogP contribution in [0.4, 0.5) is 5.69 Å². The molecule has 1 aliphatic heterocycles. The highest BCUT2D eigenvalue weighted by Crippen LogP contribution is 2.42. The van der Waals surface area contributed by atoms with Gasteiger partial charge in [0.25, 0.3) is 11.8 Å². The van der Waals surface area contributed by atoms with E-state index < -0.39 is 0 Å². The van der Waals surface area contributed by atoms with Crippen molar-refractivity contribution in [2.45, 2.75) is 19.6 Å². The Bertz CT molecular complexity index is 1420. The van der Waals surface area contributed by atoms with Crippen molar-refractivity contribution in [3.8, 4) is 0 Å². The third-order valence-corrected chi connectivity index (χ3v) is 7.07. The van der Waals surface area contributed by atoms with Gasteiger partial charge in [-0.1, -0.05) is 90.5 Å². The zero-order valence-corrected chi connectivity index (χ0v) is 19.4. The normalized spacial score (nSPS) is 13.9. The SMILES string of the molecule is Cc1ccc(C2=C(SCc3ccccc3)C(=O)N(c3cccc4ccccc34)C2=O)c(C)c1. The molecule has 0 fully saturated rings. The van der Waals surface area contributed by atoms with E-state index in [1.54, 1.807) is 0 Å². The van der Waals surface area contributed by atoms with Gasteiger partial charge in [-0.05, 0) is 42.0 Å². The van der Waals surface area contributed by atoms with Gasteiger partial charge >= 0.3 is 0 Å². The number of rotatable bonds is 5. The van der Waals surface area contributed by atoms with Crippen LogP contribution in [0.3, 0.4) is 0 Å². The summed E-state index contributed by atoms with van der Waals surface area (Å²) in [7, 11) is 0. The summed E-state index contributed by atoms with van der Waals surface area (Å²) in [5, 5.41) is 1.88. The summed E-state index contributed by atoms with van der Waals surface area (Å²) in [6.07, 6.45) is 0. The van der Waals surface area contributed by atoms with Gasteiger partial charge in [0.1, 0.15) is 0 Å². The number of carbonyl (C=O) groups is 2. The second kappa shape index (κ2) is 8.72. The quantitative estimate of drug-likeness (QED) is 0.319. The largest absolute Gasteiger partial charge is 0.272 e. The van der Waals surface area contributed by atoms with Gasteiger partial charge in [-0.3, -0.25) is 9.59 Å². The Morgan fingerprint density at radius 1 is 0.758 bits per heavy atom. The lowest BCUT2D eigenvalue weighted by molar-refractivity contribution is -0.119. The predicted octanol–water partition coefficient (Wildman–Crippen LogP) is 6.67. The van der Waals surface area contributed by atoms with Crippen LogP contribution in [0.5, 0.6) is 0 Å². The Morgan fingerprint density at radius 2 is 1.48 bits per heavy atom. The van der Waals surface area contributed by atoms with Crippen LogP contribution in [0, 0.1) is 13.8 Å². The van der Waals surface area contributed by atoms with Gasteiger partial charge in [-0.2, -0.15) is 0 Å². The van der Waals surface area contributed by atoms with Gasteiger partial charge in [0.2, 0.25) is 0 Å². The van der Waals surface area contributed by atoms with Crippen LogP contribution < -0.4 is 4.90 Å². The number of imide groups is 1. The number of anilines is 1. The summed E-state index contributed by atoms with van der Waals surface area (Å²) in [6.45, 7) is 4.02. The number of aryl methyl sites for hydroxylation is 2. The summed E-state index contributed by atoms with van der Waals surface area (Å²) in [6, 6.07) is 29.6. The molecular formula is C29H23NO2S. The first-order valence-electron chi connectivity index (χ1n) is 10.9. The molecule has 0 saturated heterocycles. The first-order valence-corrected chi connectivity index (χ1v) is 11.9. The van der Waals surface area contributed by atoms with Crippen molar-refractivity contribution in [1.82, 2.24) is 0 Å². The van der Waals surface area contributed by atoms with E-state index in [1.807, 2.05) is 98.8 Å². The zero-order chi connectivity index (χ0) is 22.9. The summed E-state index contributed by atoms with van der Waals surface area (Å²) < 4.78 is 0. The molecule has 1 aliphatic rings. The van der Waals surface area contributed by atoms with E-state index >= 15 is 0 Å². The molecule has 0 radical (unpaired) electrons. The van der Waals surface area contributed by atoms with Gasteiger partial charge < -0.3 is 0 Å². The van der Waals surface area contributed by atoms with Crippen LogP contribution in [-0.4, -0.2) is 11.8 Å². The molecule has 0 spiro atoms. The fraction of sp³-hybridized carbons (Fsp3) is 0.103. The number of hydrogen-bond acceptors (Lipinski definition) is 3. The fourth-order valence-electron chi connectivity index (χ4n) is 4.33. The second-order valence-electron chi connectivity index (χ2n) is 8.24. The number of thioether (sulfide) groups is 1. The molecule has 0 atom stereocenters. The van der Waals surface area contributed by atoms with Crippen LogP contribution in [0.15, 0.2) is 95.9 Å². The summed E-state index contributed by atoms with van der Waals surface area (Å²) in [5.41, 5.74) is 5.16. The molecule has 0 aliphatic carbocycles. The number of fused-ring (bicyclic) bond motifs is 1. The first-order chi connectivity index (χ1) is 16.0. The van der Waals surface area contributed by atoms with Crippen LogP contribution in [0.25, 0.3) is 16.3 Å². The van der Waals surface area contributed by atoms with Crippen molar-refractivity contribution < 1.29 is 9.59 Å². The van der Waals surface area contributed by atoms with Crippen molar-refractivity contribution in [1.29, 1.82) is 0 Å². The zero-order valence-electron chi connectivity index (χ0n) is 18.5. The number of hydrogen-bond donors (Lipinski definition) is 0. The molecule has 0 N–H and O–H groups in total. The van der Waals surface area contributed by atoms with E-state index in [0.29, 0.717) is 21.9 Å². The summed E-state index contributed by atoms with van der Waals surface area (Å²) in [5.74, 6) is 0.0959. The van der Waals surface area contributed by atoms with E-state index in [2.05, 4.69) is 6.07 Å². The minimum atomic E-state index is -0.265. The van der Waals surface area contributed by atoms with E-state index in [-0.39, 0.29) is 11.8 Å². The summed E-state index contributed by atoms with van der Waals surface area (Å²) in [4.78, 5) is 29.5. The van der Waals surface area contributed by atoms with Crippen molar-refractivity contribution in [3.63, 3.8) is 0 Å². The molecule has 4 heteroatoms. The third kappa shape index (κ3) is 3.87. The van der Waals surface area contributed by atoms with Gasteiger partial charge in [0, 0.05) is 11.1 Å². The Labute approximate surface area is 197 Å². The van der Waals surface area contributed by atoms with E-state index in [9.17, 15) is 9.59 Å². The Morgan fingerprint density at radius 3 is 2.27 bits per heavy atom. The molecule has 0 unspecified atom stereocenters.